The number of nitrogens with two attached hydrogens (primary N) is 1. The fraction of sp³-hybridized carbons (Fsp3) is 0.500. The maximum absolute atomic E-state index is 13.2. The van der Waals surface area contributed by atoms with Crippen LogP contribution in [0.4, 0.5) is 4.39 Å². The Balaban J connectivity index is 2.89. The van der Waals surface area contributed by atoms with Crippen LogP contribution in [0.2, 0.25) is 0 Å². The molecule has 0 aliphatic heterocycles. The maximum Gasteiger partial charge on any atom is 0.123 e. The second-order valence-electron chi connectivity index (χ2n) is 3.93. The van der Waals surface area contributed by atoms with E-state index in [9.17, 15) is 4.39 Å². The van der Waals surface area contributed by atoms with Gasteiger partial charge in [0.1, 0.15) is 5.82 Å². The van der Waals surface area contributed by atoms with Gasteiger partial charge in [-0.2, -0.15) is 0 Å². The number of hydrogen-bond donors (Lipinski definition) is 2. The van der Waals surface area contributed by atoms with E-state index in [0.717, 1.165) is 16.5 Å². The summed E-state index contributed by atoms with van der Waals surface area (Å²) >= 11 is 3.42. The second kappa shape index (κ2) is 6.33. The summed E-state index contributed by atoms with van der Waals surface area (Å²) in [5, 5.41) is 3.38. The van der Waals surface area contributed by atoms with Gasteiger partial charge in [0, 0.05) is 23.1 Å². The van der Waals surface area contributed by atoms with Crippen molar-refractivity contribution in [3.05, 3.63) is 34.1 Å². The van der Waals surface area contributed by atoms with E-state index in [4.69, 9.17) is 5.73 Å². The van der Waals surface area contributed by atoms with E-state index in [1.54, 1.807) is 6.07 Å². The van der Waals surface area contributed by atoms with Crippen LogP contribution in [0.25, 0.3) is 0 Å². The zero-order chi connectivity index (χ0) is 12.1. The van der Waals surface area contributed by atoms with Crippen molar-refractivity contribution in [1.29, 1.82) is 0 Å². The molecule has 16 heavy (non-hydrogen) atoms. The standard InChI is InChI=1S/C12H18BrFN2/c1-3-8(2)16-12(7-15)10-6-9(14)4-5-11(10)13/h4-6,8,12,16H,3,7,15H2,1-2H3. The van der Waals surface area contributed by atoms with E-state index >= 15 is 0 Å². The molecule has 0 aliphatic rings. The van der Waals surface area contributed by atoms with Crippen LogP contribution in [0.3, 0.4) is 0 Å². The van der Waals surface area contributed by atoms with Crippen LogP contribution in [0.15, 0.2) is 22.7 Å². The quantitative estimate of drug-likeness (QED) is 0.874. The molecule has 3 N–H and O–H groups in total. The minimum absolute atomic E-state index is 0.0139. The first-order valence-electron chi connectivity index (χ1n) is 5.49. The third kappa shape index (κ3) is 3.54. The molecule has 2 nitrogen and oxygen atoms in total. The van der Waals surface area contributed by atoms with Gasteiger partial charge in [-0.05, 0) is 37.1 Å². The molecule has 0 spiro atoms. The van der Waals surface area contributed by atoms with Crippen LogP contribution < -0.4 is 11.1 Å². The van der Waals surface area contributed by atoms with Crippen LogP contribution in [0.1, 0.15) is 31.9 Å². The van der Waals surface area contributed by atoms with Gasteiger partial charge in [-0.15, -0.1) is 0 Å². The van der Waals surface area contributed by atoms with Crippen molar-refractivity contribution < 1.29 is 4.39 Å². The highest BCUT2D eigenvalue weighted by Gasteiger charge is 2.15. The van der Waals surface area contributed by atoms with E-state index in [0.29, 0.717) is 12.6 Å². The molecule has 0 saturated carbocycles. The fourth-order valence-electron chi connectivity index (χ4n) is 1.53. The van der Waals surface area contributed by atoms with Crippen molar-refractivity contribution in [3.63, 3.8) is 0 Å². The average Bonchev–Trinajstić information content (AvgIpc) is 2.29. The molecule has 0 saturated heterocycles. The summed E-state index contributed by atoms with van der Waals surface area (Å²) in [6, 6.07) is 5.02. The molecule has 4 heteroatoms. The summed E-state index contributed by atoms with van der Waals surface area (Å²) in [6.07, 6.45) is 1.02. The molecular weight excluding hydrogens is 271 g/mol. The van der Waals surface area contributed by atoms with Crippen molar-refractivity contribution in [2.75, 3.05) is 6.54 Å². The molecule has 0 radical (unpaired) electrons. The Kier molecular flexibility index (Phi) is 5.38. The van der Waals surface area contributed by atoms with E-state index in [1.807, 2.05) is 0 Å². The zero-order valence-electron chi connectivity index (χ0n) is 9.63. The topological polar surface area (TPSA) is 38.0 Å². The van der Waals surface area contributed by atoms with Crippen LogP contribution in [-0.4, -0.2) is 12.6 Å². The Bertz CT molecular complexity index is 344. The van der Waals surface area contributed by atoms with Crippen molar-refractivity contribution in [2.45, 2.75) is 32.4 Å². The molecule has 1 aromatic rings. The van der Waals surface area contributed by atoms with Gasteiger partial charge in [0.05, 0.1) is 0 Å². The largest absolute Gasteiger partial charge is 0.329 e. The van der Waals surface area contributed by atoms with Crippen LogP contribution in [0, 0.1) is 5.82 Å². The van der Waals surface area contributed by atoms with Gasteiger partial charge < -0.3 is 11.1 Å². The third-order valence-corrected chi connectivity index (χ3v) is 3.39. The molecule has 0 bridgehead atoms. The van der Waals surface area contributed by atoms with E-state index < -0.39 is 0 Å². The Morgan fingerprint density at radius 2 is 2.19 bits per heavy atom. The number of halogens is 2. The van der Waals surface area contributed by atoms with Crippen molar-refractivity contribution in [1.82, 2.24) is 5.32 Å². The van der Waals surface area contributed by atoms with Crippen molar-refractivity contribution in [2.24, 2.45) is 5.73 Å². The lowest BCUT2D eigenvalue weighted by Gasteiger charge is -2.22. The predicted molar refractivity (Wildman–Crippen MR) is 68.8 cm³/mol. The highest BCUT2D eigenvalue weighted by atomic mass is 79.9. The first kappa shape index (κ1) is 13.6. The molecule has 1 rings (SSSR count). The van der Waals surface area contributed by atoms with E-state index in [2.05, 4.69) is 35.1 Å². The lowest BCUT2D eigenvalue weighted by atomic mass is 10.1. The minimum atomic E-state index is -0.234. The van der Waals surface area contributed by atoms with Crippen molar-refractivity contribution in [3.8, 4) is 0 Å². The number of rotatable bonds is 5. The summed E-state index contributed by atoms with van der Waals surface area (Å²) in [7, 11) is 0. The van der Waals surface area contributed by atoms with Crippen molar-refractivity contribution >= 4 is 15.9 Å². The molecule has 2 unspecified atom stereocenters. The zero-order valence-corrected chi connectivity index (χ0v) is 11.2. The van der Waals surface area contributed by atoms with Gasteiger partial charge >= 0.3 is 0 Å². The first-order valence-corrected chi connectivity index (χ1v) is 6.28. The maximum atomic E-state index is 13.2. The SMILES string of the molecule is CCC(C)NC(CN)c1cc(F)ccc1Br. The second-order valence-corrected chi connectivity index (χ2v) is 4.78. The molecule has 0 aromatic heterocycles. The minimum Gasteiger partial charge on any atom is -0.329 e. The molecular formula is C12H18BrFN2. The van der Waals surface area contributed by atoms with Crippen LogP contribution in [-0.2, 0) is 0 Å². The van der Waals surface area contributed by atoms with Gasteiger partial charge in [0.15, 0.2) is 0 Å². The smallest absolute Gasteiger partial charge is 0.123 e. The molecule has 0 heterocycles. The van der Waals surface area contributed by atoms with Gasteiger partial charge in [-0.1, -0.05) is 22.9 Å². The number of benzene rings is 1. The summed E-state index contributed by atoms with van der Waals surface area (Å²) in [4.78, 5) is 0. The fourth-order valence-corrected chi connectivity index (χ4v) is 2.05. The summed E-state index contributed by atoms with van der Waals surface area (Å²) in [5.74, 6) is -0.234. The van der Waals surface area contributed by atoms with Gasteiger partial charge in [-0.3, -0.25) is 0 Å². The highest BCUT2D eigenvalue weighted by molar-refractivity contribution is 9.10. The lowest BCUT2D eigenvalue weighted by Crippen LogP contribution is -2.34. The lowest BCUT2D eigenvalue weighted by molar-refractivity contribution is 0.449. The third-order valence-electron chi connectivity index (χ3n) is 2.67. The Morgan fingerprint density at radius 1 is 1.50 bits per heavy atom. The molecule has 0 fully saturated rings. The van der Waals surface area contributed by atoms with Crippen LogP contribution in [0.5, 0.6) is 0 Å². The first-order chi connectivity index (χ1) is 7.58. The normalized spacial score (nSPS) is 14.8. The molecule has 0 aliphatic carbocycles. The Labute approximate surface area is 105 Å². The summed E-state index contributed by atoms with van der Waals surface area (Å²) in [5.41, 5.74) is 6.60. The Hall–Kier alpha value is -0.450. The number of nitrogens with one attached hydrogen (secondary N) is 1. The highest BCUT2D eigenvalue weighted by Crippen LogP contribution is 2.24. The average molecular weight is 289 g/mol. The number of hydrogen-bond acceptors (Lipinski definition) is 2. The van der Waals surface area contributed by atoms with Gasteiger partial charge in [0.2, 0.25) is 0 Å². The molecule has 0 amide bonds. The predicted octanol–water partition coefficient (Wildman–Crippen LogP) is 2.98. The Morgan fingerprint density at radius 3 is 2.75 bits per heavy atom. The summed E-state index contributed by atoms with van der Waals surface area (Å²) in [6.45, 7) is 4.65. The van der Waals surface area contributed by atoms with Gasteiger partial charge in [-0.25, -0.2) is 4.39 Å². The molecule has 2 atom stereocenters. The van der Waals surface area contributed by atoms with Crippen LogP contribution >= 0.6 is 15.9 Å². The summed E-state index contributed by atoms with van der Waals surface area (Å²) < 4.78 is 14.1. The van der Waals surface area contributed by atoms with Gasteiger partial charge in [0.25, 0.3) is 0 Å². The monoisotopic (exact) mass is 288 g/mol. The molecule has 90 valence electrons. The van der Waals surface area contributed by atoms with E-state index in [-0.39, 0.29) is 11.9 Å². The van der Waals surface area contributed by atoms with E-state index in [1.165, 1.54) is 12.1 Å². The molecule has 1 aromatic carbocycles.